The van der Waals surface area contributed by atoms with Crippen LogP contribution in [0, 0.1) is 0 Å². The van der Waals surface area contributed by atoms with Crippen LogP contribution >= 0.6 is 0 Å². The first-order valence-corrected chi connectivity index (χ1v) is 5.30. The Hall–Kier alpha value is -1.56. The zero-order valence-corrected chi connectivity index (χ0v) is 10.1. The van der Waals surface area contributed by atoms with E-state index in [0.29, 0.717) is 6.54 Å². The van der Waals surface area contributed by atoms with Crippen molar-refractivity contribution in [2.24, 2.45) is 0 Å². The fraction of sp³-hybridized carbons (Fsp3) is 0.417. The SMILES string of the molecule is CN(C)CCOc1ccccc1C(=O)C(F)(F)F. The lowest BCUT2D eigenvalue weighted by atomic mass is 10.1. The smallest absolute Gasteiger partial charge is 0.455 e. The van der Waals surface area contributed by atoms with Gasteiger partial charge in [0.2, 0.25) is 0 Å². The number of Topliss-reactive ketones (excluding diaryl/α,β-unsaturated/α-hetero) is 1. The summed E-state index contributed by atoms with van der Waals surface area (Å²) in [4.78, 5) is 13.0. The third kappa shape index (κ3) is 4.03. The van der Waals surface area contributed by atoms with Crippen LogP contribution in [0.4, 0.5) is 13.2 Å². The second-order valence-corrected chi connectivity index (χ2v) is 3.97. The molecular weight excluding hydrogens is 247 g/mol. The molecule has 0 bridgehead atoms. The maximum atomic E-state index is 12.4. The number of ether oxygens (including phenoxy) is 1. The van der Waals surface area contributed by atoms with Gasteiger partial charge in [-0.15, -0.1) is 0 Å². The van der Waals surface area contributed by atoms with E-state index in [-0.39, 0.29) is 12.4 Å². The zero-order valence-electron chi connectivity index (χ0n) is 10.1. The Labute approximate surface area is 103 Å². The van der Waals surface area contributed by atoms with E-state index in [1.807, 2.05) is 19.0 Å². The highest BCUT2D eigenvalue weighted by Gasteiger charge is 2.40. The Kier molecular flexibility index (Phi) is 4.72. The van der Waals surface area contributed by atoms with Gasteiger partial charge >= 0.3 is 6.18 Å². The molecule has 0 aliphatic carbocycles. The normalized spacial score (nSPS) is 11.7. The van der Waals surface area contributed by atoms with Gasteiger partial charge in [-0.3, -0.25) is 4.79 Å². The Morgan fingerprint density at radius 3 is 2.44 bits per heavy atom. The molecule has 0 aliphatic rings. The molecule has 6 heteroatoms. The van der Waals surface area contributed by atoms with Crippen LogP contribution in [0.15, 0.2) is 24.3 Å². The van der Waals surface area contributed by atoms with Crippen molar-refractivity contribution in [2.45, 2.75) is 6.18 Å². The number of nitrogens with zero attached hydrogens (tertiary/aromatic N) is 1. The van der Waals surface area contributed by atoms with Crippen molar-refractivity contribution in [1.82, 2.24) is 4.90 Å². The summed E-state index contributed by atoms with van der Waals surface area (Å²) >= 11 is 0. The summed E-state index contributed by atoms with van der Waals surface area (Å²) in [7, 11) is 3.63. The van der Waals surface area contributed by atoms with E-state index in [4.69, 9.17) is 4.74 Å². The fourth-order valence-corrected chi connectivity index (χ4v) is 1.27. The first-order valence-electron chi connectivity index (χ1n) is 5.30. The average molecular weight is 261 g/mol. The summed E-state index contributed by atoms with van der Waals surface area (Å²) in [5.41, 5.74) is -0.455. The van der Waals surface area contributed by atoms with Crippen LogP contribution < -0.4 is 4.74 Å². The molecular formula is C12H14F3NO2. The van der Waals surface area contributed by atoms with Gasteiger partial charge in [0.25, 0.3) is 5.78 Å². The number of carbonyl (C=O) groups is 1. The third-order valence-corrected chi connectivity index (χ3v) is 2.19. The van der Waals surface area contributed by atoms with Crippen LogP contribution in [-0.2, 0) is 0 Å². The third-order valence-electron chi connectivity index (χ3n) is 2.19. The van der Waals surface area contributed by atoms with E-state index >= 15 is 0 Å². The molecule has 0 N–H and O–H groups in total. The van der Waals surface area contributed by atoms with Crippen molar-refractivity contribution in [3.05, 3.63) is 29.8 Å². The summed E-state index contributed by atoms with van der Waals surface area (Å²) in [5, 5.41) is 0. The van der Waals surface area contributed by atoms with Gasteiger partial charge in [0.05, 0.1) is 5.56 Å². The summed E-state index contributed by atoms with van der Waals surface area (Å²) in [6.45, 7) is 0.768. The molecule has 0 radical (unpaired) electrons. The molecule has 0 aromatic heterocycles. The highest BCUT2D eigenvalue weighted by atomic mass is 19.4. The van der Waals surface area contributed by atoms with Crippen molar-refractivity contribution < 1.29 is 22.7 Å². The number of alkyl halides is 3. The van der Waals surface area contributed by atoms with Gasteiger partial charge in [-0.2, -0.15) is 13.2 Å². The predicted octanol–water partition coefficient (Wildman–Crippen LogP) is 2.37. The van der Waals surface area contributed by atoms with E-state index < -0.39 is 17.5 Å². The number of likely N-dealkylation sites (N-methyl/N-ethyl adjacent to an activating group) is 1. The van der Waals surface area contributed by atoms with Gasteiger partial charge in [-0.25, -0.2) is 0 Å². The minimum Gasteiger partial charge on any atom is -0.491 e. The second kappa shape index (κ2) is 5.86. The zero-order chi connectivity index (χ0) is 13.8. The lowest BCUT2D eigenvalue weighted by molar-refractivity contribution is -0.0886. The van der Waals surface area contributed by atoms with Crippen molar-refractivity contribution in [3.8, 4) is 5.75 Å². The molecule has 0 saturated carbocycles. The number of hydrogen-bond donors (Lipinski definition) is 0. The van der Waals surface area contributed by atoms with Gasteiger partial charge in [0.15, 0.2) is 0 Å². The van der Waals surface area contributed by atoms with Crippen LogP contribution in [0.2, 0.25) is 0 Å². The van der Waals surface area contributed by atoms with Crippen molar-refractivity contribution >= 4 is 5.78 Å². The molecule has 3 nitrogen and oxygen atoms in total. The molecule has 100 valence electrons. The van der Waals surface area contributed by atoms with Gasteiger partial charge < -0.3 is 9.64 Å². The van der Waals surface area contributed by atoms with Gasteiger partial charge in [0, 0.05) is 6.54 Å². The van der Waals surface area contributed by atoms with Gasteiger partial charge in [-0.05, 0) is 26.2 Å². The first kappa shape index (κ1) is 14.5. The molecule has 0 saturated heterocycles. The number of hydrogen-bond acceptors (Lipinski definition) is 3. The number of para-hydroxylation sites is 1. The number of ketones is 1. The molecule has 0 spiro atoms. The monoisotopic (exact) mass is 261 g/mol. The minimum atomic E-state index is -4.89. The largest absolute Gasteiger partial charge is 0.491 e. The van der Waals surface area contributed by atoms with E-state index in [0.717, 1.165) is 6.07 Å². The molecule has 0 heterocycles. The molecule has 0 unspecified atom stereocenters. The fourth-order valence-electron chi connectivity index (χ4n) is 1.27. The van der Waals surface area contributed by atoms with Crippen LogP contribution in [0.25, 0.3) is 0 Å². The lowest BCUT2D eigenvalue weighted by Gasteiger charge is -2.14. The molecule has 1 rings (SSSR count). The van der Waals surface area contributed by atoms with Gasteiger partial charge in [0.1, 0.15) is 12.4 Å². The molecule has 18 heavy (non-hydrogen) atoms. The average Bonchev–Trinajstić information content (AvgIpc) is 2.27. The Morgan fingerprint density at radius 2 is 1.89 bits per heavy atom. The standard InChI is InChI=1S/C12H14F3NO2/c1-16(2)7-8-18-10-6-4-3-5-9(10)11(17)12(13,14)15/h3-6H,7-8H2,1-2H3. The maximum absolute atomic E-state index is 12.4. The van der Waals surface area contributed by atoms with Crippen molar-refractivity contribution in [3.63, 3.8) is 0 Å². The van der Waals surface area contributed by atoms with Crippen molar-refractivity contribution in [2.75, 3.05) is 27.2 Å². The molecule has 1 aromatic rings. The predicted molar refractivity (Wildman–Crippen MR) is 60.9 cm³/mol. The molecule has 1 aromatic carbocycles. The summed E-state index contributed by atoms with van der Waals surface area (Å²) in [5.74, 6) is -1.93. The molecule has 0 fully saturated rings. The summed E-state index contributed by atoms with van der Waals surface area (Å²) < 4.78 is 42.3. The van der Waals surface area contributed by atoms with Gasteiger partial charge in [-0.1, -0.05) is 12.1 Å². The summed E-state index contributed by atoms with van der Waals surface area (Å²) in [6.07, 6.45) is -4.89. The number of benzene rings is 1. The minimum absolute atomic E-state index is 0.0401. The van der Waals surface area contributed by atoms with Crippen LogP contribution in [-0.4, -0.2) is 44.1 Å². The summed E-state index contributed by atoms with van der Waals surface area (Å²) in [6, 6.07) is 5.37. The Bertz CT molecular complexity index is 416. The quantitative estimate of drug-likeness (QED) is 0.762. The molecule has 0 aliphatic heterocycles. The van der Waals surface area contributed by atoms with E-state index in [1.165, 1.54) is 18.2 Å². The van der Waals surface area contributed by atoms with Crippen LogP contribution in [0.1, 0.15) is 10.4 Å². The number of halogens is 3. The first-order chi connectivity index (χ1) is 8.32. The van der Waals surface area contributed by atoms with E-state index in [2.05, 4.69) is 0 Å². The van der Waals surface area contributed by atoms with E-state index in [1.54, 1.807) is 0 Å². The highest BCUT2D eigenvalue weighted by molar-refractivity contribution is 6.02. The number of carbonyl (C=O) groups excluding carboxylic acids is 1. The molecule has 0 atom stereocenters. The topological polar surface area (TPSA) is 29.5 Å². The highest BCUT2D eigenvalue weighted by Crippen LogP contribution is 2.27. The number of rotatable bonds is 5. The van der Waals surface area contributed by atoms with Crippen LogP contribution in [0.3, 0.4) is 0 Å². The second-order valence-electron chi connectivity index (χ2n) is 3.97. The van der Waals surface area contributed by atoms with Crippen LogP contribution in [0.5, 0.6) is 5.75 Å². The van der Waals surface area contributed by atoms with E-state index in [9.17, 15) is 18.0 Å². The Morgan fingerprint density at radius 1 is 1.28 bits per heavy atom. The Balaban J connectivity index is 2.83. The maximum Gasteiger partial charge on any atom is 0.455 e. The molecule has 0 amide bonds. The van der Waals surface area contributed by atoms with Crippen molar-refractivity contribution in [1.29, 1.82) is 0 Å². The lowest BCUT2D eigenvalue weighted by Crippen LogP contribution is -2.24.